The SMILES string of the molecule is COc1cccc(C(=O)N2CC(N(C(=O)C3CC3)C3CC3)CC2C(=O)NC2CCC(N)CC2)c1. The Hall–Kier alpha value is -2.61. The highest BCUT2D eigenvalue weighted by molar-refractivity contribution is 5.98. The van der Waals surface area contributed by atoms with Gasteiger partial charge >= 0.3 is 0 Å². The van der Waals surface area contributed by atoms with Crippen LogP contribution in [0, 0.1) is 5.92 Å². The molecule has 0 bridgehead atoms. The molecule has 2 atom stereocenters. The zero-order chi connectivity index (χ0) is 23.8. The van der Waals surface area contributed by atoms with Crippen molar-refractivity contribution in [3.8, 4) is 5.75 Å². The second kappa shape index (κ2) is 9.56. The van der Waals surface area contributed by atoms with Crippen LogP contribution in [-0.2, 0) is 9.59 Å². The van der Waals surface area contributed by atoms with E-state index in [-0.39, 0.29) is 47.8 Å². The number of hydrogen-bond donors (Lipinski definition) is 2. The largest absolute Gasteiger partial charge is 0.497 e. The fourth-order valence-electron chi connectivity index (χ4n) is 5.52. The average Bonchev–Trinajstić information content (AvgIpc) is 3.78. The van der Waals surface area contributed by atoms with Crippen LogP contribution in [0.1, 0.15) is 68.1 Å². The summed E-state index contributed by atoms with van der Waals surface area (Å²) in [5, 5.41) is 3.19. The number of rotatable bonds is 7. The van der Waals surface area contributed by atoms with E-state index < -0.39 is 6.04 Å². The predicted octanol–water partition coefficient (Wildman–Crippen LogP) is 2.07. The van der Waals surface area contributed by atoms with Gasteiger partial charge in [0.15, 0.2) is 0 Å². The van der Waals surface area contributed by atoms with E-state index in [1.807, 2.05) is 4.90 Å². The molecule has 2 unspecified atom stereocenters. The molecule has 1 saturated heterocycles. The van der Waals surface area contributed by atoms with Gasteiger partial charge in [-0.25, -0.2) is 0 Å². The summed E-state index contributed by atoms with van der Waals surface area (Å²) in [6, 6.07) is 6.89. The van der Waals surface area contributed by atoms with Crippen molar-refractivity contribution in [2.75, 3.05) is 13.7 Å². The maximum absolute atomic E-state index is 13.6. The van der Waals surface area contributed by atoms with E-state index in [1.54, 1.807) is 36.3 Å². The van der Waals surface area contributed by atoms with Gasteiger partial charge in [0.25, 0.3) is 5.91 Å². The highest BCUT2D eigenvalue weighted by Crippen LogP contribution is 2.40. The Labute approximate surface area is 201 Å². The summed E-state index contributed by atoms with van der Waals surface area (Å²) in [4.78, 5) is 43.9. The van der Waals surface area contributed by atoms with Crippen LogP contribution in [0.5, 0.6) is 5.75 Å². The van der Waals surface area contributed by atoms with E-state index in [4.69, 9.17) is 10.5 Å². The molecule has 34 heavy (non-hydrogen) atoms. The van der Waals surface area contributed by atoms with Crippen molar-refractivity contribution in [1.82, 2.24) is 15.1 Å². The molecule has 8 heteroatoms. The highest BCUT2D eigenvalue weighted by Gasteiger charge is 2.49. The molecule has 4 aliphatic rings. The third-order valence-electron chi connectivity index (χ3n) is 7.79. The molecular weight excluding hydrogens is 432 g/mol. The zero-order valence-corrected chi connectivity index (χ0v) is 19.9. The maximum Gasteiger partial charge on any atom is 0.254 e. The zero-order valence-electron chi connectivity index (χ0n) is 19.9. The molecule has 0 spiro atoms. The predicted molar refractivity (Wildman–Crippen MR) is 127 cm³/mol. The molecule has 5 rings (SSSR count). The smallest absolute Gasteiger partial charge is 0.254 e. The third kappa shape index (κ3) is 4.92. The van der Waals surface area contributed by atoms with Crippen LogP contribution in [0.25, 0.3) is 0 Å². The fourth-order valence-corrected chi connectivity index (χ4v) is 5.52. The van der Waals surface area contributed by atoms with E-state index in [9.17, 15) is 14.4 Å². The Kier molecular flexibility index (Phi) is 6.51. The summed E-state index contributed by atoms with van der Waals surface area (Å²) in [6.45, 7) is 0.388. The topological polar surface area (TPSA) is 105 Å². The second-order valence-electron chi connectivity index (χ2n) is 10.5. The molecule has 0 aromatic heterocycles. The summed E-state index contributed by atoms with van der Waals surface area (Å²) < 4.78 is 5.30. The molecule has 8 nitrogen and oxygen atoms in total. The lowest BCUT2D eigenvalue weighted by Crippen LogP contribution is -2.50. The van der Waals surface area contributed by atoms with Gasteiger partial charge in [0.1, 0.15) is 11.8 Å². The molecule has 3 aliphatic carbocycles. The number of hydrogen-bond acceptors (Lipinski definition) is 5. The Balaban J connectivity index is 1.37. The normalized spacial score (nSPS) is 28.9. The Morgan fingerprint density at radius 2 is 1.76 bits per heavy atom. The number of methoxy groups -OCH3 is 1. The molecule has 1 aromatic rings. The van der Waals surface area contributed by atoms with Gasteiger partial charge < -0.3 is 25.6 Å². The number of nitrogens with two attached hydrogens (primary N) is 1. The monoisotopic (exact) mass is 468 g/mol. The first kappa shape index (κ1) is 23.1. The summed E-state index contributed by atoms with van der Waals surface area (Å²) in [7, 11) is 1.57. The molecule has 3 amide bonds. The molecular formula is C26H36N4O4. The highest BCUT2D eigenvalue weighted by atomic mass is 16.5. The van der Waals surface area contributed by atoms with Gasteiger partial charge in [0, 0.05) is 36.2 Å². The van der Waals surface area contributed by atoms with Crippen molar-refractivity contribution in [3.63, 3.8) is 0 Å². The van der Waals surface area contributed by atoms with Gasteiger partial charge in [0.05, 0.1) is 13.2 Å². The summed E-state index contributed by atoms with van der Waals surface area (Å²) >= 11 is 0. The van der Waals surface area contributed by atoms with Crippen LogP contribution in [-0.4, -0.2) is 71.4 Å². The van der Waals surface area contributed by atoms with Gasteiger partial charge in [-0.1, -0.05) is 6.07 Å². The first-order chi connectivity index (χ1) is 16.4. The summed E-state index contributed by atoms with van der Waals surface area (Å²) in [5.74, 6) is 0.631. The van der Waals surface area contributed by atoms with Gasteiger partial charge in [-0.05, 0) is 76.0 Å². The van der Waals surface area contributed by atoms with E-state index in [0.29, 0.717) is 24.3 Å². The molecule has 1 heterocycles. The lowest BCUT2D eigenvalue weighted by molar-refractivity contribution is -0.135. The number of likely N-dealkylation sites (tertiary alicyclic amines) is 1. The third-order valence-corrected chi connectivity index (χ3v) is 7.79. The Bertz CT molecular complexity index is 936. The fraction of sp³-hybridized carbons (Fsp3) is 0.654. The average molecular weight is 469 g/mol. The van der Waals surface area contributed by atoms with Gasteiger partial charge in [-0.3, -0.25) is 14.4 Å². The van der Waals surface area contributed by atoms with Crippen LogP contribution in [0.4, 0.5) is 0 Å². The van der Waals surface area contributed by atoms with Crippen molar-refractivity contribution in [2.24, 2.45) is 11.7 Å². The minimum absolute atomic E-state index is 0.0905. The van der Waals surface area contributed by atoms with Crippen molar-refractivity contribution in [1.29, 1.82) is 0 Å². The number of nitrogens with one attached hydrogen (secondary N) is 1. The number of amides is 3. The quantitative estimate of drug-likeness (QED) is 0.637. The Morgan fingerprint density at radius 1 is 1.03 bits per heavy atom. The number of nitrogens with zero attached hydrogens (tertiary/aromatic N) is 2. The molecule has 3 saturated carbocycles. The van der Waals surface area contributed by atoms with E-state index >= 15 is 0 Å². The van der Waals surface area contributed by atoms with Crippen LogP contribution < -0.4 is 15.8 Å². The standard InChI is InChI=1S/C26H36N4O4/c1-34-22-4-2-3-17(13-22)25(32)29-15-21(30(20-11-12-20)26(33)16-5-6-16)14-23(29)24(31)28-19-9-7-18(27)8-10-19/h2-4,13,16,18-21,23H,5-12,14-15,27H2,1H3,(H,28,31). The van der Waals surface area contributed by atoms with Gasteiger partial charge in [-0.2, -0.15) is 0 Å². The number of ether oxygens (including phenoxy) is 1. The Morgan fingerprint density at radius 3 is 2.41 bits per heavy atom. The molecule has 0 radical (unpaired) electrons. The van der Waals surface area contributed by atoms with Crippen molar-refractivity contribution < 1.29 is 19.1 Å². The van der Waals surface area contributed by atoms with Crippen LogP contribution in [0.3, 0.4) is 0 Å². The van der Waals surface area contributed by atoms with Crippen LogP contribution in [0.15, 0.2) is 24.3 Å². The van der Waals surface area contributed by atoms with Crippen molar-refractivity contribution in [3.05, 3.63) is 29.8 Å². The minimum atomic E-state index is -0.590. The number of carbonyl (C=O) groups is 3. The molecule has 1 aliphatic heterocycles. The molecule has 3 N–H and O–H groups in total. The van der Waals surface area contributed by atoms with E-state index in [2.05, 4.69) is 5.32 Å². The number of benzene rings is 1. The summed E-state index contributed by atoms with van der Waals surface area (Å²) in [6.07, 6.45) is 7.94. The molecule has 4 fully saturated rings. The first-order valence-corrected chi connectivity index (χ1v) is 12.8. The minimum Gasteiger partial charge on any atom is -0.497 e. The molecule has 184 valence electrons. The summed E-state index contributed by atoms with van der Waals surface area (Å²) in [5.41, 5.74) is 6.52. The number of carbonyl (C=O) groups excluding carboxylic acids is 3. The van der Waals surface area contributed by atoms with Crippen LogP contribution >= 0.6 is 0 Å². The van der Waals surface area contributed by atoms with Crippen LogP contribution in [0.2, 0.25) is 0 Å². The van der Waals surface area contributed by atoms with Gasteiger partial charge in [0.2, 0.25) is 11.8 Å². The van der Waals surface area contributed by atoms with Gasteiger partial charge in [-0.15, -0.1) is 0 Å². The van der Waals surface area contributed by atoms with E-state index in [0.717, 1.165) is 51.4 Å². The first-order valence-electron chi connectivity index (χ1n) is 12.8. The maximum atomic E-state index is 13.6. The lowest BCUT2D eigenvalue weighted by atomic mass is 9.91. The van der Waals surface area contributed by atoms with E-state index in [1.165, 1.54) is 0 Å². The van der Waals surface area contributed by atoms with Crippen molar-refractivity contribution >= 4 is 17.7 Å². The second-order valence-corrected chi connectivity index (χ2v) is 10.5. The van der Waals surface area contributed by atoms with Crippen molar-refractivity contribution in [2.45, 2.75) is 88.0 Å². The molecule has 1 aromatic carbocycles. The lowest BCUT2D eigenvalue weighted by Gasteiger charge is -2.30.